The summed E-state index contributed by atoms with van der Waals surface area (Å²) in [7, 11) is 0. The fourth-order valence-electron chi connectivity index (χ4n) is 1.62. The van der Waals surface area contributed by atoms with Crippen molar-refractivity contribution < 1.29 is 27.1 Å². The third kappa shape index (κ3) is 5.36. The number of nitrogens with zero attached hydrogens (tertiary/aromatic N) is 2. The third-order valence-corrected chi connectivity index (χ3v) is 3.78. The van der Waals surface area contributed by atoms with Crippen LogP contribution in [0.3, 0.4) is 0 Å². The van der Waals surface area contributed by atoms with Gasteiger partial charge in [0.25, 0.3) is 5.91 Å². The van der Waals surface area contributed by atoms with Crippen LogP contribution in [0.25, 0.3) is 0 Å². The fraction of sp³-hybridized carbons (Fsp3) is 0.357. The van der Waals surface area contributed by atoms with Crippen molar-refractivity contribution in [2.24, 2.45) is 5.73 Å². The van der Waals surface area contributed by atoms with Gasteiger partial charge in [0.2, 0.25) is 5.88 Å². The Hall–Kier alpha value is -2.27. The summed E-state index contributed by atoms with van der Waals surface area (Å²) in [4.78, 5) is 19.8. The number of ether oxygens (including phenoxy) is 1. The highest BCUT2D eigenvalue weighted by Gasteiger charge is 2.41. The van der Waals surface area contributed by atoms with Crippen molar-refractivity contribution in [1.82, 2.24) is 9.97 Å². The molecule has 2 heterocycles. The fourth-order valence-corrected chi connectivity index (χ4v) is 2.42. The molecule has 0 aliphatic heterocycles. The van der Waals surface area contributed by atoms with Crippen LogP contribution in [0.5, 0.6) is 5.88 Å². The van der Waals surface area contributed by atoms with Gasteiger partial charge in [0.05, 0.1) is 16.9 Å². The number of nitrogens with two attached hydrogens (primary N) is 1. The zero-order valence-electron chi connectivity index (χ0n) is 12.7. The summed E-state index contributed by atoms with van der Waals surface area (Å²) in [5.74, 6) is -5.00. The Morgan fingerprint density at radius 2 is 2.16 bits per heavy atom. The number of alkyl halides is 4. The number of thiazole rings is 1. The van der Waals surface area contributed by atoms with E-state index in [1.54, 1.807) is 5.38 Å². The quantitative estimate of drug-likeness (QED) is 0.689. The smallest absolute Gasteiger partial charge is 0.340 e. The Bertz CT molecular complexity index is 709. The van der Waals surface area contributed by atoms with Crippen LogP contribution in [-0.2, 0) is 6.42 Å². The molecule has 11 heteroatoms. The maximum absolute atomic E-state index is 12.8. The molecule has 136 valence electrons. The minimum Gasteiger partial charge on any atom is -0.471 e. The standard InChI is InChI=1S/C14H14F4N4O2S/c15-13(16)14(17,18)7-24-10-2-1-8(5-20-10)21-12(23)9-6-25-11(22-9)3-4-19/h1-2,5-6,13H,3-4,7,19H2,(H,21,23). The summed E-state index contributed by atoms with van der Waals surface area (Å²) in [6.07, 6.45) is -2.11. The van der Waals surface area contributed by atoms with E-state index in [4.69, 9.17) is 5.73 Å². The van der Waals surface area contributed by atoms with Crippen LogP contribution in [0.15, 0.2) is 23.7 Å². The molecule has 2 aromatic heterocycles. The molecule has 0 aliphatic carbocycles. The molecule has 3 N–H and O–H groups in total. The van der Waals surface area contributed by atoms with Crippen molar-refractivity contribution in [2.45, 2.75) is 18.8 Å². The van der Waals surface area contributed by atoms with E-state index in [1.807, 2.05) is 0 Å². The molecule has 1 amide bonds. The van der Waals surface area contributed by atoms with E-state index >= 15 is 0 Å². The number of carbonyl (C=O) groups excluding carboxylic acids is 1. The Kier molecular flexibility index (Phi) is 6.26. The molecule has 0 atom stereocenters. The first kappa shape index (κ1) is 19.1. The number of anilines is 1. The number of aromatic nitrogens is 2. The van der Waals surface area contributed by atoms with Crippen molar-refractivity contribution in [2.75, 3.05) is 18.5 Å². The highest BCUT2D eigenvalue weighted by atomic mass is 32.1. The molecule has 0 saturated carbocycles. The van der Waals surface area contributed by atoms with Gasteiger partial charge in [0, 0.05) is 17.9 Å². The Labute approximate surface area is 144 Å². The number of rotatable bonds is 8. The van der Waals surface area contributed by atoms with E-state index in [1.165, 1.54) is 23.5 Å². The van der Waals surface area contributed by atoms with Crippen molar-refractivity contribution in [3.63, 3.8) is 0 Å². The molecule has 0 saturated heterocycles. The molecule has 0 fully saturated rings. The monoisotopic (exact) mass is 378 g/mol. The lowest BCUT2D eigenvalue weighted by Gasteiger charge is -2.15. The number of carbonyl (C=O) groups is 1. The van der Waals surface area contributed by atoms with E-state index in [2.05, 4.69) is 20.0 Å². The van der Waals surface area contributed by atoms with Crippen LogP contribution in [0, 0.1) is 0 Å². The van der Waals surface area contributed by atoms with Crippen LogP contribution >= 0.6 is 11.3 Å². The summed E-state index contributed by atoms with van der Waals surface area (Å²) in [5.41, 5.74) is 5.89. The summed E-state index contributed by atoms with van der Waals surface area (Å²) in [5, 5.41) is 4.83. The molecule has 0 bridgehead atoms. The van der Waals surface area contributed by atoms with Gasteiger partial charge in [-0.05, 0) is 12.6 Å². The molecular weight excluding hydrogens is 364 g/mol. The number of amides is 1. The van der Waals surface area contributed by atoms with Crippen LogP contribution < -0.4 is 15.8 Å². The van der Waals surface area contributed by atoms with Gasteiger partial charge in [-0.1, -0.05) is 0 Å². The Balaban J connectivity index is 1.92. The van der Waals surface area contributed by atoms with E-state index in [-0.39, 0.29) is 17.3 Å². The molecule has 0 aliphatic rings. The van der Waals surface area contributed by atoms with Gasteiger partial charge in [-0.15, -0.1) is 11.3 Å². The summed E-state index contributed by atoms with van der Waals surface area (Å²) >= 11 is 1.31. The van der Waals surface area contributed by atoms with Crippen molar-refractivity contribution in [3.05, 3.63) is 34.4 Å². The average Bonchev–Trinajstić information content (AvgIpc) is 3.03. The van der Waals surface area contributed by atoms with Gasteiger partial charge in [-0.3, -0.25) is 4.79 Å². The van der Waals surface area contributed by atoms with E-state index < -0.39 is 24.9 Å². The molecule has 0 radical (unpaired) electrons. The minimum atomic E-state index is -4.26. The third-order valence-electron chi connectivity index (χ3n) is 2.87. The minimum absolute atomic E-state index is 0.213. The zero-order valence-corrected chi connectivity index (χ0v) is 13.5. The Morgan fingerprint density at radius 3 is 2.76 bits per heavy atom. The normalized spacial score (nSPS) is 11.6. The molecule has 2 aromatic rings. The maximum Gasteiger partial charge on any atom is 0.340 e. The SMILES string of the molecule is NCCc1nc(C(=O)Nc2ccc(OCC(F)(F)C(F)F)nc2)cs1. The zero-order chi connectivity index (χ0) is 18.4. The van der Waals surface area contributed by atoms with Gasteiger partial charge >= 0.3 is 12.3 Å². The second-order valence-electron chi connectivity index (χ2n) is 4.85. The van der Waals surface area contributed by atoms with Crippen molar-refractivity contribution >= 4 is 22.9 Å². The van der Waals surface area contributed by atoms with Crippen LogP contribution in [0.4, 0.5) is 23.2 Å². The van der Waals surface area contributed by atoms with Crippen molar-refractivity contribution in [3.8, 4) is 5.88 Å². The molecule has 6 nitrogen and oxygen atoms in total. The first-order valence-electron chi connectivity index (χ1n) is 7.02. The summed E-state index contributed by atoms with van der Waals surface area (Å²) < 4.78 is 54.1. The van der Waals surface area contributed by atoms with Crippen LogP contribution in [0.1, 0.15) is 15.5 Å². The lowest BCUT2D eigenvalue weighted by atomic mass is 10.3. The van der Waals surface area contributed by atoms with Gasteiger partial charge in [0.15, 0.2) is 6.61 Å². The number of hydrogen-bond acceptors (Lipinski definition) is 6. The second-order valence-corrected chi connectivity index (χ2v) is 5.80. The molecule has 0 aromatic carbocycles. The number of hydrogen-bond donors (Lipinski definition) is 2. The first-order chi connectivity index (χ1) is 11.8. The van der Waals surface area contributed by atoms with Gasteiger partial charge < -0.3 is 15.8 Å². The largest absolute Gasteiger partial charge is 0.471 e. The summed E-state index contributed by atoms with van der Waals surface area (Å²) in [6, 6.07) is 2.52. The van der Waals surface area contributed by atoms with E-state index in [9.17, 15) is 22.4 Å². The molecule has 0 unspecified atom stereocenters. The number of halogens is 4. The van der Waals surface area contributed by atoms with Crippen LogP contribution in [-0.4, -0.2) is 41.4 Å². The molecule has 2 rings (SSSR count). The summed E-state index contributed by atoms with van der Waals surface area (Å²) in [6.45, 7) is -1.07. The van der Waals surface area contributed by atoms with Gasteiger partial charge in [-0.25, -0.2) is 18.7 Å². The van der Waals surface area contributed by atoms with Gasteiger partial charge in [0.1, 0.15) is 5.69 Å². The Morgan fingerprint density at radius 1 is 1.40 bits per heavy atom. The highest BCUT2D eigenvalue weighted by molar-refractivity contribution is 7.09. The lowest BCUT2D eigenvalue weighted by Crippen LogP contribution is -2.33. The van der Waals surface area contributed by atoms with E-state index in [0.29, 0.717) is 13.0 Å². The van der Waals surface area contributed by atoms with Gasteiger partial charge in [-0.2, -0.15) is 8.78 Å². The lowest BCUT2D eigenvalue weighted by molar-refractivity contribution is -0.148. The first-order valence-corrected chi connectivity index (χ1v) is 7.90. The van der Waals surface area contributed by atoms with Crippen molar-refractivity contribution in [1.29, 1.82) is 0 Å². The van der Waals surface area contributed by atoms with Crippen LogP contribution in [0.2, 0.25) is 0 Å². The number of nitrogens with one attached hydrogen (secondary N) is 1. The topological polar surface area (TPSA) is 90.1 Å². The average molecular weight is 378 g/mol. The molecule has 25 heavy (non-hydrogen) atoms. The predicted octanol–water partition coefficient (Wildman–Crippen LogP) is 2.57. The maximum atomic E-state index is 12.8. The second kappa shape index (κ2) is 8.21. The van der Waals surface area contributed by atoms with E-state index in [0.717, 1.165) is 11.2 Å². The molecule has 0 spiro atoms. The highest BCUT2D eigenvalue weighted by Crippen LogP contribution is 2.24. The number of pyridine rings is 1. The predicted molar refractivity (Wildman–Crippen MR) is 83.5 cm³/mol. The molecular formula is C14H14F4N4O2S.